The number of hydrogen-bond donors (Lipinski definition) is 0. The van der Waals surface area contributed by atoms with E-state index < -0.39 is 0 Å². The first-order chi connectivity index (χ1) is 22.1. The number of rotatable bonds is 4. The molecule has 0 N–H and O–H groups in total. The minimum Gasteiger partial charge on any atom is -0.0587 e. The van der Waals surface area contributed by atoms with Crippen LogP contribution in [-0.4, -0.2) is 0 Å². The molecule has 0 unspecified atom stereocenters. The standard InChI is InChI=1S/C46H42/c1-23(2)27-9-11-31-35(15-27)41-19-29(25(5)6)17-39-33-13-14-34-38(37(33)21-43(31)45(39)41)22-44-32-12-10-28(24(3)4)16-36(32)42-20-30(26(7)8)18-40(34)46(42)44/h9-26H,1-8H3. The van der Waals surface area contributed by atoms with Crippen LogP contribution in [0.3, 0.4) is 0 Å². The van der Waals surface area contributed by atoms with Crippen molar-refractivity contribution in [2.75, 3.05) is 0 Å². The first kappa shape index (κ1) is 27.9. The first-order valence-corrected chi connectivity index (χ1v) is 17.4. The Labute approximate surface area is 271 Å². The molecule has 0 aromatic heterocycles. The third-order valence-electron chi connectivity index (χ3n) is 11.2. The summed E-state index contributed by atoms with van der Waals surface area (Å²) in [6.07, 6.45) is 0. The van der Waals surface area contributed by atoms with Gasteiger partial charge in [0.25, 0.3) is 0 Å². The first-order valence-electron chi connectivity index (χ1n) is 17.4. The van der Waals surface area contributed by atoms with Gasteiger partial charge in [-0.2, -0.15) is 0 Å². The highest BCUT2D eigenvalue weighted by atomic mass is 14.2. The van der Waals surface area contributed by atoms with E-state index in [4.69, 9.17) is 0 Å². The van der Waals surface area contributed by atoms with E-state index in [1.807, 2.05) is 0 Å². The predicted molar refractivity (Wildman–Crippen MR) is 205 cm³/mol. The SMILES string of the molecule is CC(C)c1ccc2c(c1)c1cc(C(C)C)cc3c4ccc5c(cc6c7ccc(C(C)C)cc7c7cc(C(C)C)cc5c76)c4cc2c31. The van der Waals surface area contributed by atoms with Gasteiger partial charge < -0.3 is 0 Å². The summed E-state index contributed by atoms with van der Waals surface area (Å²) in [5, 5.41) is 22.3. The average molecular weight is 595 g/mol. The molecule has 9 aromatic rings. The molecular weight excluding hydrogens is 553 g/mol. The molecule has 0 aliphatic heterocycles. The Balaban J connectivity index is 1.51. The van der Waals surface area contributed by atoms with E-state index in [1.54, 1.807) is 0 Å². The quantitative estimate of drug-likeness (QED) is 0.178. The third kappa shape index (κ3) is 3.68. The van der Waals surface area contributed by atoms with E-state index in [0.29, 0.717) is 23.7 Å². The van der Waals surface area contributed by atoms with Gasteiger partial charge in [-0.25, -0.2) is 0 Å². The van der Waals surface area contributed by atoms with Crippen LogP contribution in [0.2, 0.25) is 0 Å². The average Bonchev–Trinajstić information content (AvgIpc) is 3.53. The Morgan fingerprint density at radius 3 is 0.804 bits per heavy atom. The summed E-state index contributed by atoms with van der Waals surface area (Å²) in [4.78, 5) is 0. The van der Waals surface area contributed by atoms with Crippen LogP contribution in [0.1, 0.15) is 101 Å². The number of benzene rings is 7. The van der Waals surface area contributed by atoms with Crippen LogP contribution in [0.15, 0.2) is 84.9 Å². The summed E-state index contributed by atoms with van der Waals surface area (Å²) < 4.78 is 0. The molecule has 0 amide bonds. The zero-order valence-electron chi connectivity index (χ0n) is 28.4. The van der Waals surface area contributed by atoms with Crippen molar-refractivity contribution in [3.05, 3.63) is 107 Å². The van der Waals surface area contributed by atoms with E-state index in [-0.39, 0.29) is 0 Å². The monoisotopic (exact) mass is 594 g/mol. The lowest BCUT2D eigenvalue weighted by Crippen LogP contribution is -1.90. The topological polar surface area (TPSA) is 0 Å². The third-order valence-corrected chi connectivity index (χ3v) is 11.2. The van der Waals surface area contributed by atoms with Crippen molar-refractivity contribution in [2.24, 2.45) is 0 Å². The molecule has 46 heavy (non-hydrogen) atoms. The zero-order chi connectivity index (χ0) is 31.8. The predicted octanol–water partition coefficient (Wildman–Crippen LogP) is 14.3. The van der Waals surface area contributed by atoms with Gasteiger partial charge in [0.15, 0.2) is 0 Å². The van der Waals surface area contributed by atoms with Gasteiger partial charge in [0.05, 0.1) is 0 Å². The molecule has 0 aliphatic rings. The fraction of sp³-hybridized carbons (Fsp3) is 0.261. The van der Waals surface area contributed by atoms with Gasteiger partial charge >= 0.3 is 0 Å². The second-order valence-corrected chi connectivity index (χ2v) is 15.3. The Bertz CT molecular complexity index is 2490. The van der Waals surface area contributed by atoms with E-state index in [9.17, 15) is 0 Å². The van der Waals surface area contributed by atoms with Crippen molar-refractivity contribution >= 4 is 86.2 Å². The van der Waals surface area contributed by atoms with Crippen molar-refractivity contribution in [1.29, 1.82) is 0 Å². The van der Waals surface area contributed by atoms with Gasteiger partial charge in [0.2, 0.25) is 0 Å². The lowest BCUT2D eigenvalue weighted by molar-refractivity contribution is 0.868. The van der Waals surface area contributed by atoms with E-state index in [2.05, 4.69) is 140 Å². The molecule has 0 spiro atoms. The highest BCUT2D eigenvalue weighted by molar-refractivity contribution is 6.40. The van der Waals surface area contributed by atoms with Crippen molar-refractivity contribution in [3.8, 4) is 0 Å². The maximum atomic E-state index is 2.53. The summed E-state index contributed by atoms with van der Waals surface area (Å²) in [5.41, 5.74) is 5.66. The molecular formula is C46H42. The van der Waals surface area contributed by atoms with Gasteiger partial charge in [0.1, 0.15) is 0 Å². The van der Waals surface area contributed by atoms with E-state index >= 15 is 0 Å². The molecule has 0 atom stereocenters. The molecule has 0 nitrogen and oxygen atoms in total. The molecule has 0 heterocycles. The molecule has 0 saturated heterocycles. The molecule has 0 saturated carbocycles. The largest absolute Gasteiger partial charge is 0.0587 e. The highest BCUT2D eigenvalue weighted by Crippen LogP contribution is 2.49. The van der Waals surface area contributed by atoms with Crippen LogP contribution >= 0.6 is 0 Å². The van der Waals surface area contributed by atoms with E-state index in [1.165, 1.54) is 108 Å². The van der Waals surface area contributed by atoms with Crippen molar-refractivity contribution < 1.29 is 0 Å². The molecule has 226 valence electrons. The molecule has 0 fully saturated rings. The Hall–Kier alpha value is -4.42. The van der Waals surface area contributed by atoms with E-state index in [0.717, 1.165) is 0 Å². The summed E-state index contributed by atoms with van der Waals surface area (Å²) in [6.45, 7) is 18.5. The minimum absolute atomic E-state index is 0.460. The van der Waals surface area contributed by atoms with Crippen LogP contribution in [0.25, 0.3) is 86.2 Å². The molecule has 9 rings (SSSR count). The number of fused-ring (bicyclic) bond motifs is 11. The molecule has 9 aromatic carbocycles. The van der Waals surface area contributed by atoms with Gasteiger partial charge in [0, 0.05) is 0 Å². The second-order valence-electron chi connectivity index (χ2n) is 15.3. The van der Waals surface area contributed by atoms with Gasteiger partial charge in [-0.05, 0) is 144 Å². The fourth-order valence-corrected chi connectivity index (χ4v) is 8.46. The zero-order valence-corrected chi connectivity index (χ0v) is 28.4. The Morgan fingerprint density at radius 2 is 0.478 bits per heavy atom. The highest BCUT2D eigenvalue weighted by Gasteiger charge is 2.21. The van der Waals surface area contributed by atoms with Gasteiger partial charge in [-0.3, -0.25) is 0 Å². The van der Waals surface area contributed by atoms with Crippen molar-refractivity contribution in [2.45, 2.75) is 79.1 Å². The maximum Gasteiger partial charge on any atom is -0.00197 e. The van der Waals surface area contributed by atoms with Crippen LogP contribution in [-0.2, 0) is 0 Å². The normalized spacial score (nSPS) is 13.1. The van der Waals surface area contributed by atoms with Crippen LogP contribution in [0.5, 0.6) is 0 Å². The number of hydrogen-bond acceptors (Lipinski definition) is 0. The van der Waals surface area contributed by atoms with Crippen LogP contribution in [0, 0.1) is 0 Å². The van der Waals surface area contributed by atoms with Crippen molar-refractivity contribution in [1.82, 2.24) is 0 Å². The van der Waals surface area contributed by atoms with Crippen LogP contribution in [0.4, 0.5) is 0 Å². The summed E-state index contributed by atoms with van der Waals surface area (Å²) in [7, 11) is 0. The fourth-order valence-electron chi connectivity index (χ4n) is 8.46. The molecule has 0 aliphatic carbocycles. The smallest absolute Gasteiger partial charge is 0.00197 e. The van der Waals surface area contributed by atoms with Crippen molar-refractivity contribution in [3.63, 3.8) is 0 Å². The van der Waals surface area contributed by atoms with Gasteiger partial charge in [-0.15, -0.1) is 0 Å². The summed E-state index contributed by atoms with van der Waals surface area (Å²) in [5.74, 6) is 1.92. The minimum atomic E-state index is 0.460. The van der Waals surface area contributed by atoms with Gasteiger partial charge in [-0.1, -0.05) is 128 Å². The Morgan fingerprint density at radius 1 is 0.239 bits per heavy atom. The lowest BCUT2D eigenvalue weighted by atomic mass is 9.89. The summed E-state index contributed by atoms with van der Waals surface area (Å²) in [6, 6.07) is 34.3. The lowest BCUT2D eigenvalue weighted by Gasteiger charge is -2.15. The Kier molecular flexibility index (Phi) is 5.78. The molecule has 0 radical (unpaired) electrons. The summed E-state index contributed by atoms with van der Waals surface area (Å²) >= 11 is 0. The van der Waals surface area contributed by atoms with Crippen LogP contribution < -0.4 is 0 Å². The molecule has 0 heteroatoms. The second kappa shape index (κ2) is 9.55. The maximum absolute atomic E-state index is 2.53. The molecule has 0 bridgehead atoms.